The first-order valence-corrected chi connectivity index (χ1v) is 11.1. The third kappa shape index (κ3) is 4.77. The Bertz CT molecular complexity index is 983. The molecule has 0 atom stereocenters. The highest BCUT2D eigenvalue weighted by molar-refractivity contribution is 7.89. The lowest BCUT2D eigenvalue weighted by molar-refractivity contribution is 0.102. The van der Waals surface area contributed by atoms with Crippen molar-refractivity contribution in [3.8, 4) is 0 Å². The Morgan fingerprint density at radius 3 is 2.52 bits per heavy atom. The van der Waals surface area contributed by atoms with E-state index in [1.165, 1.54) is 20.2 Å². The molecule has 0 aromatic heterocycles. The van der Waals surface area contributed by atoms with Crippen molar-refractivity contribution in [1.29, 1.82) is 0 Å². The van der Waals surface area contributed by atoms with Crippen LogP contribution in [0.5, 0.6) is 0 Å². The van der Waals surface area contributed by atoms with E-state index in [0.29, 0.717) is 43.2 Å². The van der Waals surface area contributed by atoms with E-state index in [1.807, 2.05) is 36.1 Å². The molecule has 7 nitrogen and oxygen atoms in total. The van der Waals surface area contributed by atoms with Crippen molar-refractivity contribution in [1.82, 2.24) is 4.31 Å². The second-order valence-corrected chi connectivity index (χ2v) is 9.23. The maximum absolute atomic E-state index is 13.1. The van der Waals surface area contributed by atoms with Gasteiger partial charge in [0.1, 0.15) is 0 Å². The van der Waals surface area contributed by atoms with Crippen LogP contribution in [-0.4, -0.2) is 59.0 Å². The number of hydrogen-bond acceptors (Lipinski definition) is 5. The predicted octanol–water partition coefficient (Wildman–Crippen LogP) is 2.59. The quantitative estimate of drug-likeness (QED) is 0.782. The van der Waals surface area contributed by atoms with Crippen LogP contribution in [0.3, 0.4) is 0 Å². The summed E-state index contributed by atoms with van der Waals surface area (Å²) in [4.78, 5) is 15.3. The molecule has 0 spiro atoms. The van der Waals surface area contributed by atoms with Crippen molar-refractivity contribution in [2.45, 2.75) is 18.2 Å². The van der Waals surface area contributed by atoms with E-state index in [-0.39, 0.29) is 10.8 Å². The van der Waals surface area contributed by atoms with Gasteiger partial charge in [-0.15, -0.1) is 0 Å². The molecule has 1 aliphatic heterocycles. The van der Waals surface area contributed by atoms with Crippen LogP contribution in [0.4, 0.5) is 11.4 Å². The Balaban J connectivity index is 2.01. The van der Waals surface area contributed by atoms with Crippen LogP contribution in [0, 0.1) is 0 Å². The molecule has 156 valence electrons. The molecule has 1 saturated heterocycles. The average Bonchev–Trinajstić information content (AvgIpc) is 2.74. The molecule has 8 heteroatoms. The summed E-state index contributed by atoms with van der Waals surface area (Å²) in [5.74, 6) is -0.337. The number of benzene rings is 2. The van der Waals surface area contributed by atoms with Crippen molar-refractivity contribution in [2.24, 2.45) is 0 Å². The first-order valence-electron chi connectivity index (χ1n) is 9.62. The molecule has 0 aliphatic carbocycles. The van der Waals surface area contributed by atoms with Gasteiger partial charge < -0.3 is 15.0 Å². The fraction of sp³-hybridized carbons (Fsp3) is 0.381. The zero-order valence-electron chi connectivity index (χ0n) is 17.0. The lowest BCUT2D eigenvalue weighted by atomic mass is 10.1. The third-order valence-electron chi connectivity index (χ3n) is 4.94. The lowest BCUT2D eigenvalue weighted by Gasteiger charge is -2.30. The van der Waals surface area contributed by atoms with Gasteiger partial charge in [0.25, 0.3) is 5.91 Å². The molecular formula is C21H27N3O4S. The van der Waals surface area contributed by atoms with Crippen LogP contribution >= 0.6 is 0 Å². The van der Waals surface area contributed by atoms with Gasteiger partial charge in [-0.1, -0.05) is 19.1 Å². The summed E-state index contributed by atoms with van der Waals surface area (Å²) in [6.07, 6.45) is 0.860. The lowest BCUT2D eigenvalue weighted by Crippen LogP contribution is -2.37. The Hall–Kier alpha value is -2.42. The number of carbonyl (C=O) groups is 1. The van der Waals surface area contributed by atoms with Crippen molar-refractivity contribution < 1.29 is 17.9 Å². The molecule has 0 bridgehead atoms. The molecule has 0 unspecified atom stereocenters. The largest absolute Gasteiger partial charge is 0.378 e. The predicted molar refractivity (Wildman–Crippen MR) is 114 cm³/mol. The SMILES string of the molecule is CCc1cccc(NC(=O)c2cc(S(=O)(=O)N(C)C)ccc2N2CCOCC2)c1. The number of anilines is 2. The number of nitrogens with one attached hydrogen (secondary N) is 1. The van der Waals surface area contributed by atoms with Crippen LogP contribution < -0.4 is 10.2 Å². The number of aryl methyl sites for hydroxylation is 1. The second-order valence-electron chi connectivity index (χ2n) is 7.07. The van der Waals surface area contributed by atoms with Gasteiger partial charge in [-0.2, -0.15) is 0 Å². The van der Waals surface area contributed by atoms with Crippen molar-refractivity contribution in [2.75, 3.05) is 50.6 Å². The number of morpholine rings is 1. The normalized spacial score (nSPS) is 14.8. The average molecular weight is 418 g/mol. The Kier molecular flexibility index (Phi) is 6.56. The van der Waals surface area contributed by atoms with E-state index in [9.17, 15) is 13.2 Å². The van der Waals surface area contributed by atoms with Gasteiger partial charge in [0, 0.05) is 38.6 Å². The molecule has 2 aromatic carbocycles. The van der Waals surface area contributed by atoms with Gasteiger partial charge in [0.05, 0.1) is 23.7 Å². The fourth-order valence-electron chi connectivity index (χ4n) is 3.22. The smallest absolute Gasteiger partial charge is 0.257 e. The standard InChI is InChI=1S/C21H27N3O4S/c1-4-16-6-5-7-17(14-16)22-21(25)19-15-18(29(26,27)23(2)3)8-9-20(19)24-10-12-28-13-11-24/h5-9,14-15H,4,10-13H2,1-3H3,(H,22,25). The van der Waals surface area contributed by atoms with Crippen molar-refractivity contribution in [3.63, 3.8) is 0 Å². The number of sulfonamides is 1. The van der Waals surface area contributed by atoms with E-state index in [2.05, 4.69) is 5.32 Å². The van der Waals surface area contributed by atoms with Crippen molar-refractivity contribution in [3.05, 3.63) is 53.6 Å². The number of carbonyl (C=O) groups excluding carboxylic acids is 1. The molecule has 1 fully saturated rings. The molecule has 1 heterocycles. The van der Waals surface area contributed by atoms with Gasteiger partial charge in [-0.25, -0.2) is 12.7 Å². The Morgan fingerprint density at radius 2 is 1.86 bits per heavy atom. The number of nitrogens with zero attached hydrogens (tertiary/aromatic N) is 2. The molecular weight excluding hydrogens is 390 g/mol. The summed E-state index contributed by atoms with van der Waals surface area (Å²) in [5, 5.41) is 2.92. The minimum Gasteiger partial charge on any atom is -0.378 e. The van der Waals surface area contributed by atoms with Crippen LogP contribution in [-0.2, 0) is 21.2 Å². The summed E-state index contributed by atoms with van der Waals surface area (Å²) in [5.41, 5.74) is 2.83. The van der Waals surface area contributed by atoms with Gasteiger partial charge in [-0.05, 0) is 42.3 Å². The molecule has 3 rings (SSSR count). The van der Waals surface area contributed by atoms with Gasteiger partial charge in [0.15, 0.2) is 0 Å². The monoisotopic (exact) mass is 417 g/mol. The zero-order chi connectivity index (χ0) is 21.0. The third-order valence-corrected chi connectivity index (χ3v) is 6.75. The van der Waals surface area contributed by atoms with Crippen LogP contribution in [0.1, 0.15) is 22.8 Å². The minimum absolute atomic E-state index is 0.0898. The van der Waals surface area contributed by atoms with Gasteiger partial charge in [-0.3, -0.25) is 4.79 Å². The van der Waals surface area contributed by atoms with E-state index >= 15 is 0 Å². The Labute approximate surface area is 172 Å². The number of amides is 1. The summed E-state index contributed by atoms with van der Waals surface area (Å²) >= 11 is 0. The van der Waals surface area contributed by atoms with E-state index in [0.717, 1.165) is 16.3 Å². The molecule has 1 aliphatic rings. The van der Waals surface area contributed by atoms with E-state index in [4.69, 9.17) is 4.74 Å². The fourth-order valence-corrected chi connectivity index (χ4v) is 4.14. The molecule has 0 radical (unpaired) electrons. The summed E-state index contributed by atoms with van der Waals surface area (Å²) < 4.78 is 31.7. The van der Waals surface area contributed by atoms with Crippen LogP contribution in [0.25, 0.3) is 0 Å². The number of rotatable bonds is 6. The molecule has 2 aromatic rings. The highest BCUT2D eigenvalue weighted by Crippen LogP contribution is 2.27. The first kappa shape index (κ1) is 21.3. The van der Waals surface area contributed by atoms with Crippen molar-refractivity contribution >= 4 is 27.3 Å². The number of ether oxygens (including phenoxy) is 1. The van der Waals surface area contributed by atoms with Crippen LogP contribution in [0.15, 0.2) is 47.4 Å². The second kappa shape index (κ2) is 8.94. The summed E-state index contributed by atoms with van der Waals surface area (Å²) in [6.45, 7) is 4.47. The minimum atomic E-state index is -3.65. The molecule has 1 amide bonds. The zero-order valence-corrected chi connectivity index (χ0v) is 17.8. The molecule has 0 saturated carbocycles. The summed E-state index contributed by atoms with van der Waals surface area (Å²) in [7, 11) is -0.707. The first-order chi connectivity index (χ1) is 13.8. The topological polar surface area (TPSA) is 79.0 Å². The maximum atomic E-state index is 13.1. The van der Waals surface area contributed by atoms with E-state index in [1.54, 1.807) is 12.1 Å². The molecule has 29 heavy (non-hydrogen) atoms. The Morgan fingerprint density at radius 1 is 1.14 bits per heavy atom. The van der Waals surface area contributed by atoms with E-state index < -0.39 is 10.0 Å². The molecule has 1 N–H and O–H groups in total. The van der Waals surface area contributed by atoms with Gasteiger partial charge in [0.2, 0.25) is 10.0 Å². The summed E-state index contributed by atoms with van der Waals surface area (Å²) in [6, 6.07) is 12.4. The maximum Gasteiger partial charge on any atom is 0.257 e. The highest BCUT2D eigenvalue weighted by Gasteiger charge is 2.24. The number of hydrogen-bond donors (Lipinski definition) is 1. The van der Waals surface area contributed by atoms with Gasteiger partial charge >= 0.3 is 0 Å². The highest BCUT2D eigenvalue weighted by atomic mass is 32.2. The van der Waals surface area contributed by atoms with Crippen LogP contribution in [0.2, 0.25) is 0 Å².